The minimum Gasteiger partial charge on any atom is -0.495 e. The Bertz CT molecular complexity index is 398. The average Bonchev–Trinajstić information content (AvgIpc) is 2.16. The van der Waals surface area contributed by atoms with Crippen LogP contribution in [0.3, 0.4) is 0 Å². The van der Waals surface area contributed by atoms with Crippen LogP contribution in [0.15, 0.2) is 6.20 Å². The first-order valence-corrected chi connectivity index (χ1v) is 4.87. The molecule has 0 aliphatic rings. The van der Waals surface area contributed by atoms with Gasteiger partial charge in [-0.3, -0.25) is 9.78 Å². The van der Waals surface area contributed by atoms with E-state index >= 15 is 0 Å². The Morgan fingerprint density at radius 2 is 2.27 bits per heavy atom. The lowest BCUT2D eigenvalue weighted by atomic mass is 10.2. The molecule has 4 nitrogen and oxygen atoms in total. The lowest BCUT2D eigenvalue weighted by Crippen LogP contribution is -2.14. The summed E-state index contributed by atoms with van der Waals surface area (Å²) in [7, 11) is 1.28. The number of nitrogens with zero attached hydrogens (tertiary/aromatic N) is 1. The molecule has 1 aromatic rings. The molecule has 0 aliphatic carbocycles. The average molecular weight is 328 g/mol. The van der Waals surface area contributed by atoms with Gasteiger partial charge in [0.15, 0.2) is 0 Å². The summed E-state index contributed by atoms with van der Waals surface area (Å²) in [6.45, 7) is 0. The van der Waals surface area contributed by atoms with Gasteiger partial charge in [-0.2, -0.15) is 0 Å². The molecular formula is C8H7F2IN2O2. The molecule has 0 radical (unpaired) electrons. The summed E-state index contributed by atoms with van der Waals surface area (Å²) in [6.07, 6.45) is -1.72. The Morgan fingerprint density at radius 1 is 1.67 bits per heavy atom. The third-order valence-corrected chi connectivity index (χ3v) is 2.72. The van der Waals surface area contributed by atoms with Gasteiger partial charge in [-0.1, -0.05) is 0 Å². The van der Waals surface area contributed by atoms with Gasteiger partial charge in [0.05, 0.1) is 10.7 Å². The monoisotopic (exact) mass is 328 g/mol. The van der Waals surface area contributed by atoms with E-state index in [4.69, 9.17) is 10.5 Å². The molecule has 0 bridgehead atoms. The van der Waals surface area contributed by atoms with Crippen LogP contribution < -0.4 is 10.5 Å². The molecule has 2 N–H and O–H groups in total. The number of pyridine rings is 1. The molecule has 1 rings (SSSR count). The van der Waals surface area contributed by atoms with Crippen molar-refractivity contribution in [1.29, 1.82) is 0 Å². The summed E-state index contributed by atoms with van der Waals surface area (Å²) in [5.74, 6) is -0.730. The van der Waals surface area contributed by atoms with Gasteiger partial charge in [-0.25, -0.2) is 8.78 Å². The number of nitrogens with two attached hydrogens (primary N) is 1. The van der Waals surface area contributed by atoms with Gasteiger partial charge in [0.1, 0.15) is 17.0 Å². The molecule has 0 fully saturated rings. The maximum absolute atomic E-state index is 12.4. The number of ether oxygens (including phenoxy) is 1. The molecular weight excluding hydrogens is 321 g/mol. The standard InChI is InChI=1S/C8H7F2IN2O2/c1-15-6-3(8(12)14)2-13-5(4(6)11)7(9)10/h2,7H,1H3,(H2,12,14). The van der Waals surface area contributed by atoms with Crippen molar-refractivity contribution < 1.29 is 18.3 Å². The van der Waals surface area contributed by atoms with Crippen LogP contribution >= 0.6 is 22.6 Å². The van der Waals surface area contributed by atoms with E-state index in [-0.39, 0.29) is 14.9 Å². The highest BCUT2D eigenvalue weighted by Gasteiger charge is 2.21. The van der Waals surface area contributed by atoms with E-state index in [0.717, 1.165) is 6.20 Å². The number of alkyl halides is 2. The van der Waals surface area contributed by atoms with Crippen molar-refractivity contribution in [3.63, 3.8) is 0 Å². The Kier molecular flexibility index (Phi) is 3.77. The van der Waals surface area contributed by atoms with Crippen LogP contribution in [0, 0.1) is 3.57 Å². The van der Waals surface area contributed by atoms with Crippen LogP contribution in [0.4, 0.5) is 8.78 Å². The van der Waals surface area contributed by atoms with Crippen LogP contribution in [0.5, 0.6) is 5.75 Å². The highest BCUT2D eigenvalue weighted by atomic mass is 127. The molecule has 0 saturated carbocycles. The van der Waals surface area contributed by atoms with Gasteiger partial charge >= 0.3 is 0 Å². The van der Waals surface area contributed by atoms with E-state index in [0.29, 0.717) is 0 Å². The Labute approximate surface area is 98.0 Å². The SMILES string of the molecule is COc1c(C(N)=O)cnc(C(F)F)c1I. The number of primary amides is 1. The second kappa shape index (κ2) is 4.69. The van der Waals surface area contributed by atoms with E-state index in [9.17, 15) is 13.6 Å². The molecule has 0 aromatic carbocycles. The molecule has 0 atom stereocenters. The molecule has 82 valence electrons. The molecule has 7 heteroatoms. The van der Waals surface area contributed by atoms with Gasteiger partial charge in [0, 0.05) is 6.20 Å². The quantitative estimate of drug-likeness (QED) is 0.860. The van der Waals surface area contributed by atoms with E-state index in [1.165, 1.54) is 7.11 Å². The maximum Gasteiger partial charge on any atom is 0.281 e. The molecule has 0 unspecified atom stereocenters. The fourth-order valence-corrected chi connectivity index (χ4v) is 1.90. The summed E-state index contributed by atoms with van der Waals surface area (Å²) < 4.78 is 29.8. The van der Waals surface area contributed by atoms with Crippen LogP contribution in [-0.4, -0.2) is 18.0 Å². The zero-order chi connectivity index (χ0) is 11.6. The van der Waals surface area contributed by atoms with Crippen molar-refractivity contribution in [1.82, 2.24) is 4.98 Å². The zero-order valence-corrected chi connectivity index (χ0v) is 9.79. The van der Waals surface area contributed by atoms with Crippen molar-refractivity contribution >= 4 is 28.5 Å². The first kappa shape index (κ1) is 12.1. The molecule has 1 amide bonds. The highest BCUT2D eigenvalue weighted by Crippen LogP contribution is 2.31. The van der Waals surface area contributed by atoms with E-state index in [1.807, 2.05) is 0 Å². The van der Waals surface area contributed by atoms with Crippen LogP contribution in [-0.2, 0) is 0 Å². The molecule has 0 saturated heterocycles. The molecule has 15 heavy (non-hydrogen) atoms. The third kappa shape index (κ3) is 2.33. The molecule has 1 heterocycles. The van der Waals surface area contributed by atoms with Crippen molar-refractivity contribution in [2.24, 2.45) is 5.73 Å². The van der Waals surface area contributed by atoms with Crippen molar-refractivity contribution in [3.05, 3.63) is 21.0 Å². The molecule has 0 spiro atoms. The minimum atomic E-state index is -2.72. The van der Waals surface area contributed by atoms with E-state index < -0.39 is 18.0 Å². The minimum absolute atomic E-state index is 0.00806. The summed E-state index contributed by atoms with van der Waals surface area (Å²) >= 11 is 1.64. The predicted molar refractivity (Wildman–Crippen MR) is 57.0 cm³/mol. The van der Waals surface area contributed by atoms with Gasteiger partial charge in [0.2, 0.25) is 0 Å². The van der Waals surface area contributed by atoms with Crippen molar-refractivity contribution in [2.75, 3.05) is 7.11 Å². The zero-order valence-electron chi connectivity index (χ0n) is 7.63. The number of rotatable bonds is 3. The number of halogens is 3. The fourth-order valence-electron chi connectivity index (χ4n) is 1.01. The third-order valence-electron chi connectivity index (χ3n) is 1.68. The summed E-state index contributed by atoms with van der Waals surface area (Å²) in [5.41, 5.74) is 4.61. The van der Waals surface area contributed by atoms with E-state index in [1.54, 1.807) is 22.6 Å². The van der Waals surface area contributed by atoms with Gasteiger partial charge in [0.25, 0.3) is 12.3 Å². The smallest absolute Gasteiger partial charge is 0.281 e. The number of amides is 1. The van der Waals surface area contributed by atoms with E-state index in [2.05, 4.69) is 4.98 Å². The first-order valence-electron chi connectivity index (χ1n) is 3.79. The van der Waals surface area contributed by atoms with Gasteiger partial charge in [-0.05, 0) is 22.6 Å². The second-order valence-electron chi connectivity index (χ2n) is 2.57. The lowest BCUT2D eigenvalue weighted by molar-refractivity contribution is 0.0995. The van der Waals surface area contributed by atoms with Crippen molar-refractivity contribution in [3.8, 4) is 5.75 Å². The number of hydrogen-bond donors (Lipinski definition) is 1. The summed E-state index contributed by atoms with van der Waals surface area (Å²) in [5, 5.41) is 0. The van der Waals surface area contributed by atoms with Gasteiger partial charge < -0.3 is 10.5 Å². The van der Waals surface area contributed by atoms with Crippen LogP contribution in [0.2, 0.25) is 0 Å². The normalized spacial score (nSPS) is 10.5. The topological polar surface area (TPSA) is 65.2 Å². The van der Waals surface area contributed by atoms with Crippen LogP contribution in [0.1, 0.15) is 22.5 Å². The number of hydrogen-bond acceptors (Lipinski definition) is 3. The first-order chi connectivity index (χ1) is 6.99. The number of aromatic nitrogens is 1. The molecule has 1 aromatic heterocycles. The van der Waals surface area contributed by atoms with Crippen molar-refractivity contribution in [2.45, 2.75) is 6.43 Å². The summed E-state index contributed by atoms with van der Waals surface area (Å²) in [6, 6.07) is 0. The number of carbonyl (C=O) groups excluding carboxylic acids is 1. The number of carbonyl (C=O) groups is 1. The Balaban J connectivity index is 3.39. The second-order valence-corrected chi connectivity index (χ2v) is 3.65. The molecule has 0 aliphatic heterocycles. The Hall–Kier alpha value is -0.990. The highest BCUT2D eigenvalue weighted by molar-refractivity contribution is 14.1. The van der Waals surface area contributed by atoms with Crippen LogP contribution in [0.25, 0.3) is 0 Å². The maximum atomic E-state index is 12.4. The fraction of sp³-hybridized carbons (Fsp3) is 0.250. The largest absolute Gasteiger partial charge is 0.495 e. The predicted octanol–water partition coefficient (Wildman–Crippen LogP) is 1.73. The lowest BCUT2D eigenvalue weighted by Gasteiger charge is -2.10. The van der Waals surface area contributed by atoms with Gasteiger partial charge in [-0.15, -0.1) is 0 Å². The summed E-state index contributed by atoms with van der Waals surface area (Å²) in [4.78, 5) is 14.4. The Morgan fingerprint density at radius 3 is 2.67 bits per heavy atom. The number of methoxy groups -OCH3 is 1.